The highest BCUT2D eigenvalue weighted by molar-refractivity contribution is 6.15. The van der Waals surface area contributed by atoms with Crippen LogP contribution in [-0.4, -0.2) is 21.0 Å². The quantitative estimate of drug-likeness (QED) is 0.511. The predicted molar refractivity (Wildman–Crippen MR) is 115 cm³/mol. The maximum absolute atomic E-state index is 4.53. The fourth-order valence-electron chi connectivity index (χ4n) is 3.90. The Hall–Kier alpha value is 0.394. The summed E-state index contributed by atoms with van der Waals surface area (Å²) in [7, 11) is 1.86. The largest absolute Gasteiger partial charge is 0.471 e. The first-order valence-corrected chi connectivity index (χ1v) is 11.7. The lowest BCUT2D eigenvalue weighted by molar-refractivity contribution is 0.0405. The van der Waals surface area contributed by atoms with Gasteiger partial charge in [-0.2, -0.15) is 0 Å². The van der Waals surface area contributed by atoms with Crippen LogP contribution in [0.4, 0.5) is 0 Å². The second kappa shape index (κ2) is 13.7. The van der Waals surface area contributed by atoms with Gasteiger partial charge in [0.1, 0.15) is 21.0 Å². The van der Waals surface area contributed by atoms with Crippen LogP contribution in [0, 0.1) is 35.0 Å². The van der Waals surface area contributed by atoms with E-state index >= 15 is 0 Å². The summed E-state index contributed by atoms with van der Waals surface area (Å²) in [5, 5.41) is 0. The lowest BCUT2D eigenvalue weighted by Crippen LogP contribution is -2.37. The fourth-order valence-corrected chi connectivity index (χ4v) is 3.90. The molecule has 1 nitrogen and oxygen atoms in total. The van der Waals surface area contributed by atoms with Crippen molar-refractivity contribution < 1.29 is 4.12 Å². The van der Waals surface area contributed by atoms with Gasteiger partial charge in [-0.15, -0.1) is 0 Å². The Morgan fingerprint density at radius 2 is 1.04 bits per heavy atom. The molecule has 0 aliphatic rings. The normalized spacial score (nSPS) is 20.7. The summed E-state index contributed by atoms with van der Waals surface area (Å²) < 4.78 is 4.53. The molecule has 3 heteroatoms. The lowest BCUT2D eigenvalue weighted by atomic mass is 9.60. The zero-order valence-corrected chi connectivity index (χ0v) is 22.3. The lowest BCUT2D eigenvalue weighted by Gasteiger charge is -2.45. The Kier molecular flexibility index (Phi) is 15.2. The molecule has 0 radical (unpaired) electrons. The van der Waals surface area contributed by atoms with E-state index in [4.69, 9.17) is 0 Å². The van der Waals surface area contributed by atoms with Gasteiger partial charge in [0, 0.05) is 0 Å². The van der Waals surface area contributed by atoms with Crippen LogP contribution in [0.5, 0.6) is 0 Å². The van der Waals surface area contributed by atoms with Gasteiger partial charge in [-0.25, -0.2) is 0 Å². The van der Waals surface area contributed by atoms with Gasteiger partial charge < -0.3 is 4.12 Å². The molecule has 0 saturated heterocycles. The minimum Gasteiger partial charge on any atom is -0.471 e. The first-order valence-electron chi connectivity index (χ1n) is 10.1. The van der Waals surface area contributed by atoms with Crippen molar-refractivity contribution >= 4 is 21.0 Å². The molecule has 23 heavy (non-hydrogen) atoms. The first-order chi connectivity index (χ1) is 10.7. The maximum Gasteiger partial charge on any atom is 0.129 e. The Morgan fingerprint density at radius 1 is 0.739 bits per heavy atom. The summed E-state index contributed by atoms with van der Waals surface area (Å²) in [4.78, 5) is 0. The molecular formula is C20H48OSi2. The predicted octanol–water partition coefficient (Wildman–Crippen LogP) is 4.75. The van der Waals surface area contributed by atoms with Crippen molar-refractivity contribution in [2.24, 2.45) is 35.0 Å². The molecule has 0 aromatic carbocycles. The van der Waals surface area contributed by atoms with Crippen LogP contribution in [0.1, 0.15) is 94.4 Å². The van der Waals surface area contributed by atoms with E-state index in [1.807, 2.05) is 0 Å². The minimum absolute atomic E-state index is 0.501. The summed E-state index contributed by atoms with van der Waals surface area (Å²) in [5.74, 6) is 4.26. The molecule has 0 fully saturated rings. The summed E-state index contributed by atoms with van der Waals surface area (Å²) in [5.41, 5.74) is 0.501. The van der Waals surface area contributed by atoms with Crippen LogP contribution in [-0.2, 0) is 4.12 Å². The van der Waals surface area contributed by atoms with E-state index in [1.54, 1.807) is 0 Å². The summed E-state index contributed by atoms with van der Waals surface area (Å²) in [6.07, 6.45) is 6.70. The van der Waals surface area contributed by atoms with Crippen molar-refractivity contribution in [3.8, 4) is 0 Å². The maximum atomic E-state index is 4.53. The van der Waals surface area contributed by atoms with Crippen LogP contribution in [0.3, 0.4) is 0 Å². The number of hydrogen-bond acceptors (Lipinski definition) is 1. The summed E-state index contributed by atoms with van der Waals surface area (Å²) in [6, 6.07) is 0. The molecule has 0 amide bonds. The molecular weight excluding hydrogens is 312 g/mol. The Morgan fingerprint density at radius 3 is 1.26 bits per heavy atom. The highest BCUT2D eigenvalue weighted by Gasteiger charge is 2.39. The average molecular weight is 361 g/mol. The topological polar surface area (TPSA) is 9.23 Å². The van der Waals surface area contributed by atoms with Crippen LogP contribution in [0.25, 0.3) is 0 Å². The van der Waals surface area contributed by atoms with Crippen LogP contribution < -0.4 is 0 Å². The van der Waals surface area contributed by atoms with Crippen molar-refractivity contribution in [1.82, 2.24) is 0 Å². The van der Waals surface area contributed by atoms with Crippen LogP contribution in [0.2, 0.25) is 0 Å². The molecule has 142 valence electrons. The van der Waals surface area contributed by atoms with E-state index in [9.17, 15) is 0 Å². The van der Waals surface area contributed by atoms with Gasteiger partial charge in [0.25, 0.3) is 0 Å². The zero-order chi connectivity index (χ0) is 18.6. The highest BCUT2D eigenvalue weighted by Crippen LogP contribution is 2.47. The van der Waals surface area contributed by atoms with Gasteiger partial charge in [0.15, 0.2) is 0 Å². The van der Waals surface area contributed by atoms with Crippen molar-refractivity contribution in [3.05, 3.63) is 0 Å². The number of rotatable bonds is 10. The Bertz CT molecular complexity index is 250. The summed E-state index contributed by atoms with van der Waals surface area (Å²) in [6.45, 7) is 22.0. The van der Waals surface area contributed by atoms with Crippen LogP contribution in [0.15, 0.2) is 0 Å². The average Bonchev–Trinajstić information content (AvgIpc) is 2.56. The smallest absolute Gasteiger partial charge is 0.129 e. The van der Waals surface area contributed by atoms with Gasteiger partial charge >= 0.3 is 0 Å². The van der Waals surface area contributed by atoms with Gasteiger partial charge in [-0.1, -0.05) is 88.0 Å². The third kappa shape index (κ3) is 8.35. The SMILES string of the molecule is CCC(C)C(CC(C)(C(C)CC)C(C)CC)C(C)CC.[SiH3]O[SiH3]. The van der Waals surface area contributed by atoms with Crippen molar-refractivity contribution in [2.75, 3.05) is 0 Å². The first kappa shape index (κ1) is 25.6. The van der Waals surface area contributed by atoms with Crippen LogP contribution >= 0.6 is 0 Å². The van der Waals surface area contributed by atoms with Gasteiger partial charge in [-0.05, 0) is 41.4 Å². The highest BCUT2D eigenvalue weighted by atomic mass is 28.3. The van der Waals surface area contributed by atoms with Crippen molar-refractivity contribution in [2.45, 2.75) is 94.4 Å². The molecule has 0 heterocycles. The van der Waals surface area contributed by atoms with E-state index < -0.39 is 0 Å². The Balaban J connectivity index is 0. The molecule has 0 bridgehead atoms. The molecule has 0 aromatic rings. The molecule has 0 aromatic heterocycles. The third-order valence-corrected chi connectivity index (χ3v) is 6.90. The second-order valence-corrected chi connectivity index (χ2v) is 11.4. The van der Waals surface area contributed by atoms with Crippen molar-refractivity contribution in [3.63, 3.8) is 0 Å². The van der Waals surface area contributed by atoms with E-state index in [0.717, 1.165) is 50.6 Å². The molecule has 0 spiro atoms. The standard InChI is InChI=1S/C20H42.H6OSi2/c1-10-15(5)19(16(6)11-2)14-20(9,17(7)12-3)18(8)13-4;2-1-3/h15-19H,10-14H2,1-9H3;2-3H3. The third-order valence-electron chi connectivity index (χ3n) is 6.90. The van der Waals surface area contributed by atoms with Gasteiger partial charge in [0.2, 0.25) is 0 Å². The molecule has 0 aliphatic heterocycles. The molecule has 0 saturated carbocycles. The number of hydrogen-bond donors (Lipinski definition) is 0. The van der Waals surface area contributed by atoms with Crippen molar-refractivity contribution in [1.29, 1.82) is 0 Å². The molecule has 0 N–H and O–H groups in total. The van der Waals surface area contributed by atoms with E-state index in [-0.39, 0.29) is 0 Å². The van der Waals surface area contributed by atoms with Gasteiger partial charge in [-0.3, -0.25) is 0 Å². The minimum atomic E-state index is 0.501. The monoisotopic (exact) mass is 360 g/mol. The molecule has 0 rings (SSSR count). The molecule has 4 unspecified atom stereocenters. The van der Waals surface area contributed by atoms with E-state index in [0.29, 0.717) is 5.41 Å². The van der Waals surface area contributed by atoms with E-state index in [1.165, 1.54) is 32.1 Å². The molecule has 4 atom stereocenters. The second-order valence-electron chi connectivity index (χ2n) is 8.17. The van der Waals surface area contributed by atoms with E-state index in [2.05, 4.69) is 66.4 Å². The molecule has 0 aliphatic carbocycles. The van der Waals surface area contributed by atoms with Gasteiger partial charge in [0.05, 0.1) is 0 Å². The Labute approximate surface area is 154 Å². The fraction of sp³-hybridized carbons (Fsp3) is 1.00. The zero-order valence-electron chi connectivity index (χ0n) is 18.3. The summed E-state index contributed by atoms with van der Waals surface area (Å²) >= 11 is 0.